The highest BCUT2D eigenvalue weighted by Gasteiger charge is 2.29. The van der Waals surface area contributed by atoms with Crippen molar-refractivity contribution in [3.8, 4) is 5.69 Å². The van der Waals surface area contributed by atoms with Crippen LogP contribution in [-0.4, -0.2) is 66.6 Å². The molecule has 0 aliphatic carbocycles. The fourth-order valence-corrected chi connectivity index (χ4v) is 3.32. The van der Waals surface area contributed by atoms with Crippen LogP contribution in [0.4, 0.5) is 18.9 Å². The lowest BCUT2D eigenvalue weighted by Crippen LogP contribution is -3.12. The number of morpholine rings is 1. The number of alkyl halides is 3. The van der Waals surface area contributed by atoms with Gasteiger partial charge in [-0.25, -0.2) is 4.68 Å². The molecule has 2 unspecified atom stereocenters. The average molecular weight is 493 g/mol. The fraction of sp³-hybridized carbons (Fsp3) is 0.273. The van der Waals surface area contributed by atoms with E-state index in [1.165, 1.54) is 4.90 Å². The number of nitrogens with two attached hydrogens (primary N) is 1. The molecule has 3 aromatic rings. The number of carboxylic acids is 1. The third-order valence-corrected chi connectivity index (χ3v) is 5.11. The van der Waals surface area contributed by atoms with E-state index in [9.17, 15) is 22.8 Å². The molecule has 1 aliphatic heterocycles. The molecule has 10 nitrogen and oxygen atoms in total. The predicted molar refractivity (Wildman–Crippen MR) is 116 cm³/mol. The number of benzene rings is 2. The third kappa shape index (κ3) is 6.55. The maximum absolute atomic E-state index is 12.4. The van der Waals surface area contributed by atoms with Gasteiger partial charge in [-0.2, -0.15) is 18.3 Å². The Labute approximate surface area is 197 Å². The van der Waals surface area contributed by atoms with Crippen LogP contribution in [0.1, 0.15) is 10.4 Å². The maximum atomic E-state index is 12.4. The molecular formula is C22H22F3N5O5. The van der Waals surface area contributed by atoms with Crippen molar-refractivity contribution in [3.05, 3.63) is 54.2 Å². The summed E-state index contributed by atoms with van der Waals surface area (Å²) in [5.41, 5.74) is 7.87. The number of rotatable bonds is 4. The lowest BCUT2D eigenvalue weighted by molar-refractivity contribution is -0.890. The number of halogens is 3. The first kappa shape index (κ1) is 25.6. The number of hydrogen-bond donors (Lipinski definition) is 3. The van der Waals surface area contributed by atoms with Crippen LogP contribution in [0.3, 0.4) is 0 Å². The molecule has 2 heterocycles. The first-order chi connectivity index (χ1) is 16.5. The van der Waals surface area contributed by atoms with Gasteiger partial charge >= 0.3 is 6.18 Å². The summed E-state index contributed by atoms with van der Waals surface area (Å²) in [6, 6.07) is 12.6. The summed E-state index contributed by atoms with van der Waals surface area (Å²) in [4.78, 5) is 34.0. The Balaban J connectivity index is 0.000000429. The Hall–Kier alpha value is -3.97. The highest BCUT2D eigenvalue weighted by molar-refractivity contribution is 6.04. The molecule has 2 aromatic carbocycles. The number of carboxylic acid groups (broad SMARTS) is 1. The number of hydrogen-bond acceptors (Lipinski definition) is 6. The lowest BCUT2D eigenvalue weighted by Gasteiger charge is -2.26. The zero-order valence-electron chi connectivity index (χ0n) is 18.5. The zero-order valence-corrected chi connectivity index (χ0v) is 18.5. The van der Waals surface area contributed by atoms with Gasteiger partial charge in [0.25, 0.3) is 11.8 Å². The number of primary amides is 1. The number of aliphatic carboxylic acids is 1. The van der Waals surface area contributed by atoms with E-state index >= 15 is 0 Å². The van der Waals surface area contributed by atoms with Crippen LogP contribution in [0.5, 0.6) is 0 Å². The molecule has 1 aliphatic rings. The number of likely N-dealkylation sites (N-methyl/N-ethyl adjacent to an activating group) is 1. The van der Waals surface area contributed by atoms with Crippen molar-refractivity contribution >= 4 is 34.4 Å². The van der Waals surface area contributed by atoms with Crippen LogP contribution in [0.2, 0.25) is 0 Å². The van der Waals surface area contributed by atoms with Crippen molar-refractivity contribution in [2.45, 2.75) is 12.3 Å². The zero-order chi connectivity index (χ0) is 25.8. The Morgan fingerprint density at radius 2 is 1.86 bits per heavy atom. The summed E-state index contributed by atoms with van der Waals surface area (Å²) in [5.74, 6) is -3.65. The van der Waals surface area contributed by atoms with Crippen LogP contribution in [0, 0.1) is 0 Å². The van der Waals surface area contributed by atoms with E-state index in [0.717, 1.165) is 17.6 Å². The van der Waals surface area contributed by atoms with Crippen molar-refractivity contribution in [2.75, 3.05) is 32.1 Å². The molecule has 4 rings (SSSR count). The molecule has 4 N–H and O–H groups in total. The van der Waals surface area contributed by atoms with Crippen molar-refractivity contribution < 1.29 is 42.3 Å². The molecule has 0 bridgehead atoms. The number of quaternary nitrogens is 1. The summed E-state index contributed by atoms with van der Waals surface area (Å²) >= 11 is 0. The molecule has 13 heteroatoms. The minimum atomic E-state index is -5.19. The first-order valence-electron chi connectivity index (χ1n) is 10.4. The summed E-state index contributed by atoms with van der Waals surface area (Å²) in [6.07, 6.45) is -3.79. The SMILES string of the molecule is C[NH+]1CCOC(C(=O)Nc2ccc(-n3cc4cccc(C(N)=O)c4n3)cc2)C1.O=C([O-])C(F)(F)F. The smallest absolute Gasteiger partial charge is 0.430 e. The van der Waals surface area contributed by atoms with Crippen LogP contribution < -0.4 is 21.1 Å². The Bertz CT molecular complexity index is 1230. The van der Waals surface area contributed by atoms with Crippen molar-refractivity contribution in [3.63, 3.8) is 0 Å². The van der Waals surface area contributed by atoms with Gasteiger partial charge in [-0.05, 0) is 30.3 Å². The van der Waals surface area contributed by atoms with E-state index in [1.54, 1.807) is 16.8 Å². The number of nitrogens with zero attached hydrogens (tertiary/aromatic N) is 2. The maximum Gasteiger partial charge on any atom is 0.430 e. The molecule has 0 radical (unpaired) electrons. The predicted octanol–water partition coefficient (Wildman–Crippen LogP) is -0.725. The molecular weight excluding hydrogens is 471 g/mol. The number of ether oxygens (including phenoxy) is 1. The number of anilines is 1. The van der Waals surface area contributed by atoms with E-state index in [1.807, 2.05) is 36.5 Å². The van der Waals surface area contributed by atoms with Crippen molar-refractivity contribution in [1.29, 1.82) is 0 Å². The summed E-state index contributed by atoms with van der Waals surface area (Å²) in [6.45, 7) is 2.16. The molecule has 35 heavy (non-hydrogen) atoms. The molecule has 2 amide bonds. The quantitative estimate of drug-likeness (QED) is 0.438. The lowest BCUT2D eigenvalue weighted by atomic mass is 10.1. The average Bonchev–Trinajstić information content (AvgIpc) is 3.23. The van der Waals surface area contributed by atoms with E-state index in [-0.39, 0.29) is 5.91 Å². The van der Waals surface area contributed by atoms with Crippen LogP contribution in [-0.2, 0) is 14.3 Å². The van der Waals surface area contributed by atoms with Gasteiger partial charge in [-0.15, -0.1) is 0 Å². The number of fused-ring (bicyclic) bond motifs is 1. The van der Waals surface area contributed by atoms with Gasteiger partial charge in [0.15, 0.2) is 6.10 Å². The highest BCUT2D eigenvalue weighted by atomic mass is 19.4. The fourth-order valence-electron chi connectivity index (χ4n) is 3.32. The van der Waals surface area contributed by atoms with Crippen molar-refractivity contribution in [1.82, 2.24) is 9.78 Å². The minimum Gasteiger partial charge on any atom is -0.542 e. The van der Waals surface area contributed by atoms with Crippen molar-refractivity contribution in [2.24, 2.45) is 5.73 Å². The van der Waals surface area contributed by atoms with E-state index in [2.05, 4.69) is 17.5 Å². The number of carbonyl (C=O) groups excluding carboxylic acids is 3. The molecule has 1 saturated heterocycles. The second-order valence-corrected chi connectivity index (χ2v) is 7.77. The largest absolute Gasteiger partial charge is 0.542 e. The number of carbonyl (C=O) groups is 3. The van der Waals surface area contributed by atoms with E-state index in [0.29, 0.717) is 29.9 Å². The van der Waals surface area contributed by atoms with Crippen LogP contribution in [0.25, 0.3) is 16.6 Å². The summed E-state index contributed by atoms with van der Waals surface area (Å²) in [7, 11) is 2.05. The number of aromatic nitrogens is 2. The topological polar surface area (TPSA) is 144 Å². The van der Waals surface area contributed by atoms with Gasteiger partial charge in [0.05, 0.1) is 24.9 Å². The third-order valence-electron chi connectivity index (χ3n) is 5.11. The molecule has 2 atom stereocenters. The number of nitrogens with one attached hydrogen (secondary N) is 2. The van der Waals surface area contributed by atoms with Gasteiger partial charge in [0.2, 0.25) is 0 Å². The Kier molecular flexibility index (Phi) is 7.71. The Morgan fingerprint density at radius 1 is 1.20 bits per heavy atom. The molecule has 1 fully saturated rings. The second kappa shape index (κ2) is 10.5. The standard InChI is InChI=1S/C20H21N5O3.C2HF3O2/c1-24-9-10-28-17(12-24)20(27)22-14-5-7-15(8-6-14)25-11-13-3-2-4-16(19(21)26)18(13)23-25;3-2(4,5)1(6)7/h2-8,11,17H,9-10,12H2,1H3,(H2,21,26)(H,22,27);(H,6,7). The second-order valence-electron chi connectivity index (χ2n) is 7.77. The number of amides is 2. The molecule has 0 spiro atoms. The van der Waals surface area contributed by atoms with Gasteiger partial charge in [-0.3, -0.25) is 9.59 Å². The van der Waals surface area contributed by atoms with Gasteiger partial charge < -0.3 is 30.6 Å². The summed E-state index contributed by atoms with van der Waals surface area (Å²) in [5, 5.41) is 17.0. The first-order valence-corrected chi connectivity index (χ1v) is 10.4. The monoisotopic (exact) mass is 493 g/mol. The van der Waals surface area contributed by atoms with Crippen LogP contribution in [0.15, 0.2) is 48.7 Å². The highest BCUT2D eigenvalue weighted by Crippen LogP contribution is 2.20. The summed E-state index contributed by atoms with van der Waals surface area (Å²) < 4.78 is 38.8. The van der Waals surface area contributed by atoms with Crippen LogP contribution >= 0.6 is 0 Å². The molecule has 0 saturated carbocycles. The van der Waals surface area contributed by atoms with E-state index < -0.39 is 24.2 Å². The minimum absolute atomic E-state index is 0.136. The van der Waals surface area contributed by atoms with Gasteiger partial charge in [0, 0.05) is 17.3 Å². The Morgan fingerprint density at radius 3 is 2.43 bits per heavy atom. The van der Waals surface area contributed by atoms with Gasteiger partial charge in [-0.1, -0.05) is 12.1 Å². The normalized spacial score (nSPS) is 17.8. The van der Waals surface area contributed by atoms with E-state index in [4.69, 9.17) is 20.4 Å². The van der Waals surface area contributed by atoms with Gasteiger partial charge in [0.1, 0.15) is 24.6 Å². The molecule has 186 valence electrons. The molecule has 1 aromatic heterocycles.